The Labute approximate surface area is 200 Å². The van der Waals surface area contributed by atoms with Crippen LogP contribution in [0, 0.1) is 0 Å². The van der Waals surface area contributed by atoms with Gasteiger partial charge in [0.1, 0.15) is 23.9 Å². The number of rotatable bonds is 15. The van der Waals surface area contributed by atoms with Gasteiger partial charge in [-0.1, -0.05) is 12.1 Å². The van der Waals surface area contributed by atoms with Crippen LogP contribution in [0.1, 0.15) is 24.8 Å². The molecule has 12 nitrogen and oxygen atoms in total. The first-order valence-electron chi connectivity index (χ1n) is 10.4. The van der Waals surface area contributed by atoms with Crippen molar-refractivity contribution >= 4 is 41.4 Å². The van der Waals surface area contributed by atoms with E-state index in [2.05, 4.69) is 16.0 Å². The van der Waals surface area contributed by atoms with Crippen LogP contribution in [-0.2, 0) is 30.4 Å². The Morgan fingerprint density at radius 3 is 2.03 bits per heavy atom. The normalized spacial score (nSPS) is 13.2. The molecule has 1 aromatic carbocycles. The number of nitrogens with one attached hydrogen (secondary N) is 3. The summed E-state index contributed by atoms with van der Waals surface area (Å²) in [4.78, 5) is 59.9. The van der Waals surface area contributed by atoms with E-state index in [4.69, 9.17) is 10.8 Å². The lowest BCUT2D eigenvalue weighted by atomic mass is 10.0. The third-order valence-corrected chi connectivity index (χ3v) is 5.36. The van der Waals surface area contributed by atoms with E-state index in [1.54, 1.807) is 0 Å². The van der Waals surface area contributed by atoms with E-state index in [0.29, 0.717) is 11.3 Å². The molecular formula is C21H30N4O8S. The van der Waals surface area contributed by atoms with Crippen LogP contribution in [0.15, 0.2) is 24.3 Å². The Bertz CT molecular complexity index is 865. The molecule has 0 spiro atoms. The molecule has 3 unspecified atom stereocenters. The number of aliphatic carboxylic acids is 2. The number of carboxylic acids is 2. The molecule has 3 amide bonds. The van der Waals surface area contributed by atoms with Gasteiger partial charge in [-0.05, 0) is 42.5 Å². The summed E-state index contributed by atoms with van der Waals surface area (Å²) < 4.78 is 0. The maximum Gasteiger partial charge on any atom is 0.326 e. The zero-order valence-corrected chi connectivity index (χ0v) is 19.5. The van der Waals surface area contributed by atoms with E-state index in [1.807, 2.05) is 6.26 Å². The van der Waals surface area contributed by atoms with Crippen LogP contribution in [0.4, 0.5) is 0 Å². The maximum atomic E-state index is 12.9. The van der Waals surface area contributed by atoms with Crippen molar-refractivity contribution < 1.29 is 39.3 Å². The zero-order chi connectivity index (χ0) is 25.7. The van der Waals surface area contributed by atoms with Crippen LogP contribution in [0.3, 0.4) is 0 Å². The quantitative estimate of drug-likeness (QED) is 0.158. The molecule has 0 fully saturated rings. The van der Waals surface area contributed by atoms with Crippen molar-refractivity contribution in [3.8, 4) is 5.75 Å². The third-order valence-electron chi connectivity index (χ3n) is 4.72. The molecule has 34 heavy (non-hydrogen) atoms. The average Bonchev–Trinajstić information content (AvgIpc) is 2.79. The summed E-state index contributed by atoms with van der Waals surface area (Å²) in [5.74, 6) is -4.16. The first-order valence-corrected chi connectivity index (χ1v) is 11.8. The van der Waals surface area contributed by atoms with Gasteiger partial charge in [-0.25, -0.2) is 4.79 Å². The molecule has 0 aliphatic rings. The standard InChI is InChI=1S/C21H30N4O8S/c1-34-9-8-14(23-17(27)11-22)19(30)25-16(10-12-2-4-13(26)5-3-12)20(31)24-15(21(32)33)6-7-18(28)29/h2-5,14-16,26H,6-11,22H2,1H3,(H,23,27)(H,24,31)(H,25,30)(H,28,29)(H,32,33). The second kappa shape index (κ2) is 14.8. The molecule has 13 heteroatoms. The van der Waals surface area contributed by atoms with Crippen molar-refractivity contribution in [3.05, 3.63) is 29.8 Å². The molecule has 0 radical (unpaired) electrons. The molecule has 0 bridgehead atoms. The number of thioether (sulfide) groups is 1. The molecule has 1 rings (SSSR count). The van der Waals surface area contributed by atoms with Crippen LogP contribution in [-0.4, -0.2) is 81.7 Å². The van der Waals surface area contributed by atoms with Gasteiger partial charge in [-0.2, -0.15) is 11.8 Å². The minimum Gasteiger partial charge on any atom is -0.508 e. The van der Waals surface area contributed by atoms with Crippen molar-refractivity contribution in [1.82, 2.24) is 16.0 Å². The smallest absolute Gasteiger partial charge is 0.326 e. The van der Waals surface area contributed by atoms with E-state index in [9.17, 15) is 34.2 Å². The topological polar surface area (TPSA) is 208 Å². The van der Waals surface area contributed by atoms with E-state index in [1.165, 1.54) is 36.0 Å². The predicted octanol–water partition coefficient (Wildman–Crippen LogP) is -0.950. The van der Waals surface area contributed by atoms with Gasteiger partial charge < -0.3 is 37.0 Å². The number of carboxylic acid groups (broad SMARTS) is 2. The molecule has 0 saturated carbocycles. The van der Waals surface area contributed by atoms with Crippen LogP contribution >= 0.6 is 11.8 Å². The van der Waals surface area contributed by atoms with Crippen LogP contribution in [0.5, 0.6) is 5.75 Å². The minimum atomic E-state index is -1.48. The highest BCUT2D eigenvalue weighted by atomic mass is 32.2. The molecule has 188 valence electrons. The van der Waals surface area contributed by atoms with Crippen LogP contribution in [0.25, 0.3) is 0 Å². The number of phenols is 1. The summed E-state index contributed by atoms with van der Waals surface area (Å²) in [5, 5.41) is 34.9. The predicted molar refractivity (Wildman–Crippen MR) is 124 cm³/mol. The van der Waals surface area contributed by atoms with E-state index in [0.717, 1.165) is 0 Å². The molecule has 0 aliphatic carbocycles. The van der Waals surface area contributed by atoms with Crippen molar-refractivity contribution in [2.75, 3.05) is 18.6 Å². The maximum absolute atomic E-state index is 12.9. The van der Waals surface area contributed by atoms with Gasteiger partial charge in [0, 0.05) is 12.8 Å². The Hall–Kier alpha value is -3.32. The molecule has 3 atom stereocenters. The van der Waals surface area contributed by atoms with Gasteiger partial charge in [-0.3, -0.25) is 19.2 Å². The molecule has 1 aromatic rings. The lowest BCUT2D eigenvalue weighted by Crippen LogP contribution is -2.57. The lowest BCUT2D eigenvalue weighted by molar-refractivity contribution is -0.143. The molecule has 0 aromatic heterocycles. The fourth-order valence-corrected chi connectivity index (χ4v) is 3.38. The number of hydrogen-bond acceptors (Lipinski definition) is 8. The average molecular weight is 499 g/mol. The summed E-state index contributed by atoms with van der Waals surface area (Å²) in [6, 6.07) is 2.15. The molecule has 0 heterocycles. The summed E-state index contributed by atoms with van der Waals surface area (Å²) in [7, 11) is 0. The van der Waals surface area contributed by atoms with Crippen molar-refractivity contribution in [2.24, 2.45) is 5.73 Å². The summed E-state index contributed by atoms with van der Waals surface area (Å²) in [5.41, 5.74) is 5.87. The van der Waals surface area contributed by atoms with Gasteiger partial charge in [0.25, 0.3) is 0 Å². The number of hydrogen-bond donors (Lipinski definition) is 7. The molecule has 0 aliphatic heterocycles. The molecule has 0 saturated heterocycles. The highest BCUT2D eigenvalue weighted by Crippen LogP contribution is 2.12. The monoisotopic (exact) mass is 498 g/mol. The second-order valence-electron chi connectivity index (χ2n) is 7.37. The fraction of sp³-hybridized carbons (Fsp3) is 0.476. The summed E-state index contributed by atoms with van der Waals surface area (Å²) >= 11 is 1.45. The first kappa shape index (κ1) is 28.7. The lowest BCUT2D eigenvalue weighted by Gasteiger charge is -2.24. The zero-order valence-electron chi connectivity index (χ0n) is 18.7. The van der Waals surface area contributed by atoms with Gasteiger partial charge in [-0.15, -0.1) is 0 Å². The van der Waals surface area contributed by atoms with Crippen molar-refractivity contribution in [1.29, 1.82) is 0 Å². The number of nitrogens with two attached hydrogens (primary N) is 1. The van der Waals surface area contributed by atoms with Crippen LogP contribution < -0.4 is 21.7 Å². The van der Waals surface area contributed by atoms with Crippen molar-refractivity contribution in [3.63, 3.8) is 0 Å². The molecule has 8 N–H and O–H groups in total. The van der Waals surface area contributed by atoms with Crippen molar-refractivity contribution in [2.45, 2.75) is 43.8 Å². The largest absolute Gasteiger partial charge is 0.508 e. The number of aromatic hydroxyl groups is 1. The van der Waals surface area contributed by atoms with Gasteiger partial charge in [0.05, 0.1) is 6.54 Å². The second-order valence-corrected chi connectivity index (χ2v) is 8.35. The number of amides is 3. The van der Waals surface area contributed by atoms with E-state index < -0.39 is 54.2 Å². The summed E-state index contributed by atoms with van der Waals surface area (Å²) in [6.07, 6.45) is 1.21. The SMILES string of the molecule is CSCCC(NC(=O)CN)C(=O)NC(Cc1ccc(O)cc1)C(=O)NC(CCC(=O)O)C(=O)O. The Morgan fingerprint density at radius 2 is 1.50 bits per heavy atom. The third kappa shape index (κ3) is 10.5. The number of benzene rings is 1. The highest BCUT2D eigenvalue weighted by molar-refractivity contribution is 7.98. The first-order chi connectivity index (χ1) is 16.1. The highest BCUT2D eigenvalue weighted by Gasteiger charge is 2.29. The fourth-order valence-electron chi connectivity index (χ4n) is 2.90. The number of carbonyl (C=O) groups excluding carboxylic acids is 3. The van der Waals surface area contributed by atoms with Gasteiger partial charge in [0.15, 0.2) is 0 Å². The minimum absolute atomic E-state index is 0.00461. The Kier molecular flexibility index (Phi) is 12.5. The number of phenolic OH excluding ortho intramolecular Hbond substituents is 1. The van der Waals surface area contributed by atoms with E-state index >= 15 is 0 Å². The molecular weight excluding hydrogens is 468 g/mol. The van der Waals surface area contributed by atoms with Gasteiger partial charge >= 0.3 is 11.9 Å². The van der Waals surface area contributed by atoms with Crippen LogP contribution in [0.2, 0.25) is 0 Å². The Balaban J connectivity index is 3.09. The van der Waals surface area contributed by atoms with Gasteiger partial charge in [0.2, 0.25) is 17.7 Å². The van der Waals surface area contributed by atoms with E-state index in [-0.39, 0.29) is 31.6 Å². The Morgan fingerprint density at radius 1 is 0.912 bits per heavy atom. The number of carbonyl (C=O) groups is 5. The summed E-state index contributed by atoms with van der Waals surface area (Å²) in [6.45, 7) is -0.329.